The van der Waals surface area contributed by atoms with Gasteiger partial charge >= 0.3 is 29.6 Å². The number of nitriles is 1. The minimum absolute atomic E-state index is 0. The van der Waals surface area contributed by atoms with Crippen LogP contribution >= 0.6 is 0 Å². The molecule has 1 aromatic carbocycles. The largest absolute Gasteiger partial charge is 1.00 e. The van der Waals surface area contributed by atoms with E-state index in [-0.39, 0.29) is 40.7 Å². The maximum atomic E-state index is 12.9. The van der Waals surface area contributed by atoms with Gasteiger partial charge in [-0.1, -0.05) is 18.2 Å². The van der Waals surface area contributed by atoms with E-state index in [0.717, 1.165) is 0 Å². The summed E-state index contributed by atoms with van der Waals surface area (Å²) in [5, 5.41) is 18.7. The van der Waals surface area contributed by atoms with E-state index in [9.17, 15) is 9.50 Å². The Morgan fingerprint density at radius 1 is 1.46 bits per heavy atom. The van der Waals surface area contributed by atoms with Crippen molar-refractivity contribution >= 4 is 5.57 Å². The first-order valence-corrected chi connectivity index (χ1v) is 3.26. The van der Waals surface area contributed by atoms with E-state index in [1.165, 1.54) is 18.2 Å². The van der Waals surface area contributed by atoms with Crippen molar-refractivity contribution in [1.82, 2.24) is 0 Å². The zero-order chi connectivity index (χ0) is 8.97. The van der Waals surface area contributed by atoms with Crippen LogP contribution in [0, 0.1) is 17.1 Å². The second-order valence-corrected chi connectivity index (χ2v) is 2.12. The Bertz CT molecular complexity index is 357. The van der Waals surface area contributed by atoms with Crippen molar-refractivity contribution in [3.8, 4) is 6.07 Å². The Labute approximate surface area is 97.6 Å². The zero-order valence-electron chi connectivity index (χ0n) is 7.12. The number of halogens is 1. The van der Waals surface area contributed by atoms with E-state index in [1.54, 1.807) is 12.1 Å². The third kappa shape index (κ3) is 2.85. The van der Waals surface area contributed by atoms with Crippen molar-refractivity contribution in [2.45, 2.75) is 0 Å². The number of allylic oxidation sites excluding steroid dienone is 1. The molecule has 0 heterocycles. The molecule has 0 atom stereocenters. The van der Waals surface area contributed by atoms with Crippen LogP contribution in [0.2, 0.25) is 0 Å². The predicted molar refractivity (Wildman–Crippen MR) is 40.0 cm³/mol. The van der Waals surface area contributed by atoms with Crippen molar-refractivity contribution in [3.63, 3.8) is 0 Å². The van der Waals surface area contributed by atoms with E-state index < -0.39 is 5.82 Å². The van der Waals surface area contributed by atoms with Gasteiger partial charge in [-0.3, -0.25) is 0 Å². The summed E-state index contributed by atoms with van der Waals surface area (Å²) in [5.74, 6) is -0.554. The molecule has 1 aromatic rings. The van der Waals surface area contributed by atoms with Crippen LogP contribution in [-0.4, -0.2) is 0 Å². The van der Waals surface area contributed by atoms with Crippen molar-refractivity contribution in [3.05, 3.63) is 41.9 Å². The predicted octanol–water partition coefficient (Wildman–Crippen LogP) is -1.95. The number of benzene rings is 1. The summed E-state index contributed by atoms with van der Waals surface area (Å²) in [6.07, 6.45) is 0.346. The molecular weight excluding hydrogens is 180 g/mol. The molecule has 0 saturated heterocycles. The Morgan fingerprint density at radius 3 is 2.54 bits per heavy atom. The van der Waals surface area contributed by atoms with Gasteiger partial charge in [-0.05, 0) is 6.07 Å². The molecule has 2 nitrogen and oxygen atoms in total. The number of hydrogen-bond donors (Lipinski definition) is 0. The Balaban J connectivity index is 0.00000144. The maximum Gasteiger partial charge on any atom is 1.00 e. The molecule has 4 heteroatoms. The van der Waals surface area contributed by atoms with Crippen molar-refractivity contribution < 1.29 is 39.1 Å². The number of hydrogen-bond acceptors (Lipinski definition) is 2. The molecule has 0 spiro atoms. The Kier molecular flexibility index (Phi) is 5.40. The fourth-order valence-corrected chi connectivity index (χ4v) is 0.830. The molecule has 0 saturated carbocycles. The number of rotatable bonds is 1. The molecule has 60 valence electrons. The van der Waals surface area contributed by atoms with Crippen molar-refractivity contribution in [2.75, 3.05) is 0 Å². The summed E-state index contributed by atoms with van der Waals surface area (Å²) in [6, 6.07) is 7.28. The first-order chi connectivity index (χ1) is 5.79. The van der Waals surface area contributed by atoms with Crippen LogP contribution < -0.4 is 34.7 Å². The van der Waals surface area contributed by atoms with Crippen LogP contribution in [0.1, 0.15) is 5.56 Å². The van der Waals surface area contributed by atoms with Gasteiger partial charge in [-0.2, -0.15) is 5.26 Å². The van der Waals surface area contributed by atoms with E-state index in [2.05, 4.69) is 0 Å². The van der Waals surface area contributed by atoms with Crippen LogP contribution in [0.25, 0.3) is 5.57 Å². The monoisotopic (exact) mass is 185 g/mol. The van der Waals surface area contributed by atoms with E-state index in [0.29, 0.717) is 6.26 Å². The van der Waals surface area contributed by atoms with Gasteiger partial charge in [0.05, 0.1) is 6.07 Å². The summed E-state index contributed by atoms with van der Waals surface area (Å²) < 4.78 is 12.9. The van der Waals surface area contributed by atoms with Crippen LogP contribution in [0.15, 0.2) is 30.5 Å². The molecule has 0 unspecified atom stereocenters. The van der Waals surface area contributed by atoms with Crippen LogP contribution in [0.5, 0.6) is 0 Å². The number of nitrogens with zero attached hydrogens (tertiary/aromatic N) is 1. The van der Waals surface area contributed by atoms with Crippen LogP contribution in [0.3, 0.4) is 0 Å². The van der Waals surface area contributed by atoms with Crippen molar-refractivity contribution in [2.24, 2.45) is 0 Å². The Hall–Kier alpha value is -0.820. The molecule has 13 heavy (non-hydrogen) atoms. The molecule has 0 aliphatic rings. The van der Waals surface area contributed by atoms with Gasteiger partial charge in [0.15, 0.2) is 0 Å². The fourth-order valence-electron chi connectivity index (χ4n) is 0.830. The van der Waals surface area contributed by atoms with Gasteiger partial charge in [0.2, 0.25) is 0 Å². The average Bonchev–Trinajstić information content (AvgIpc) is 2.10. The standard InChI is InChI=1S/C9H6FNO.Na/c10-9-4-2-1-3-8(9)7(5-11)6-12;/h1-4,6,12H;/q;+1/p-1/b7-6-;. The molecule has 0 aliphatic heterocycles. The minimum atomic E-state index is -0.554. The second-order valence-electron chi connectivity index (χ2n) is 2.12. The molecule has 0 aliphatic carbocycles. The van der Waals surface area contributed by atoms with Gasteiger partial charge in [-0.25, -0.2) is 4.39 Å². The van der Waals surface area contributed by atoms with E-state index in [4.69, 9.17) is 5.26 Å². The van der Waals surface area contributed by atoms with Gasteiger partial charge in [-0.15, -0.1) is 6.26 Å². The summed E-state index contributed by atoms with van der Waals surface area (Å²) in [7, 11) is 0. The Morgan fingerprint density at radius 2 is 2.08 bits per heavy atom. The third-order valence-electron chi connectivity index (χ3n) is 1.40. The average molecular weight is 185 g/mol. The maximum absolute atomic E-state index is 12.9. The second kappa shape index (κ2) is 5.76. The molecule has 0 bridgehead atoms. The minimum Gasteiger partial charge on any atom is -0.877 e. The molecule has 0 amide bonds. The van der Waals surface area contributed by atoms with Crippen LogP contribution in [0.4, 0.5) is 4.39 Å². The summed E-state index contributed by atoms with van der Waals surface area (Å²) in [4.78, 5) is 0. The summed E-state index contributed by atoms with van der Waals surface area (Å²) in [5.41, 5.74) is -0.136. The van der Waals surface area contributed by atoms with Gasteiger partial charge in [0.1, 0.15) is 5.82 Å². The quantitative estimate of drug-likeness (QED) is 0.290. The first-order valence-electron chi connectivity index (χ1n) is 3.26. The summed E-state index contributed by atoms with van der Waals surface area (Å²) >= 11 is 0. The van der Waals surface area contributed by atoms with Crippen LogP contribution in [-0.2, 0) is 0 Å². The summed E-state index contributed by atoms with van der Waals surface area (Å²) in [6.45, 7) is 0. The molecular formula is C9H5FNNaO. The SMILES string of the molecule is N#C/C(=C/[O-])c1ccccc1F.[Na+]. The van der Waals surface area contributed by atoms with Gasteiger partial charge < -0.3 is 5.11 Å². The van der Waals surface area contributed by atoms with E-state index >= 15 is 0 Å². The normalized spacial score (nSPS) is 10.0. The third-order valence-corrected chi connectivity index (χ3v) is 1.40. The van der Waals surface area contributed by atoms with Gasteiger partial charge in [0.25, 0.3) is 0 Å². The molecule has 0 N–H and O–H groups in total. The van der Waals surface area contributed by atoms with E-state index in [1.807, 2.05) is 0 Å². The fraction of sp³-hybridized carbons (Fsp3) is 0. The molecule has 0 aromatic heterocycles. The van der Waals surface area contributed by atoms with Crippen molar-refractivity contribution in [1.29, 1.82) is 5.26 Å². The topological polar surface area (TPSA) is 46.8 Å². The molecule has 1 rings (SSSR count). The first kappa shape index (κ1) is 12.2. The smallest absolute Gasteiger partial charge is 0.877 e. The van der Waals surface area contributed by atoms with Gasteiger partial charge in [0, 0.05) is 11.1 Å². The zero-order valence-corrected chi connectivity index (χ0v) is 9.12. The molecule has 0 radical (unpaired) electrons. The molecule has 0 fully saturated rings.